The van der Waals surface area contributed by atoms with Crippen molar-refractivity contribution in [2.75, 3.05) is 0 Å². The summed E-state index contributed by atoms with van der Waals surface area (Å²) >= 11 is 0. The van der Waals surface area contributed by atoms with Gasteiger partial charge in [0.2, 0.25) is 5.91 Å². The highest BCUT2D eigenvalue weighted by molar-refractivity contribution is 5.85. The molecule has 104 valence electrons. The molecule has 0 aliphatic rings. The molecule has 0 saturated carbocycles. The van der Waals surface area contributed by atoms with Crippen LogP contribution in [0.4, 0.5) is 4.39 Å². The second-order valence-electron chi connectivity index (χ2n) is 4.57. The summed E-state index contributed by atoms with van der Waals surface area (Å²) in [5, 5.41) is 11.6. The van der Waals surface area contributed by atoms with E-state index in [1.54, 1.807) is 6.92 Å². The minimum Gasteiger partial charge on any atom is -0.480 e. The molecular formula is C14H18FNO3. The third-order valence-corrected chi connectivity index (χ3v) is 3.07. The Morgan fingerprint density at radius 2 is 1.89 bits per heavy atom. The molecule has 0 aromatic heterocycles. The van der Waals surface area contributed by atoms with Gasteiger partial charge in [-0.15, -0.1) is 0 Å². The predicted octanol–water partition coefficient (Wildman–Crippen LogP) is 1.98. The van der Waals surface area contributed by atoms with Gasteiger partial charge >= 0.3 is 5.97 Å². The number of carbonyl (C=O) groups excluding carboxylic acids is 1. The summed E-state index contributed by atoms with van der Waals surface area (Å²) < 4.78 is 12.7. The number of aliphatic carboxylic acids is 1. The summed E-state index contributed by atoms with van der Waals surface area (Å²) in [5.74, 6) is -1.93. The first kappa shape index (κ1) is 15.1. The molecule has 19 heavy (non-hydrogen) atoms. The summed E-state index contributed by atoms with van der Waals surface area (Å²) in [5.41, 5.74) is 0.646. The monoisotopic (exact) mass is 267 g/mol. The van der Waals surface area contributed by atoms with Crippen LogP contribution in [0, 0.1) is 11.7 Å². The van der Waals surface area contributed by atoms with Gasteiger partial charge in [0.15, 0.2) is 0 Å². The fourth-order valence-electron chi connectivity index (χ4n) is 1.70. The van der Waals surface area contributed by atoms with Gasteiger partial charge in [-0.05, 0) is 23.6 Å². The number of hydrogen-bond donors (Lipinski definition) is 2. The Labute approximate surface area is 111 Å². The van der Waals surface area contributed by atoms with E-state index in [0.717, 1.165) is 0 Å². The minimum atomic E-state index is -1.04. The Kier molecular flexibility index (Phi) is 5.48. The third kappa shape index (κ3) is 4.69. The molecule has 4 nitrogen and oxygen atoms in total. The summed E-state index contributed by atoms with van der Waals surface area (Å²) in [6.45, 7) is 3.64. The van der Waals surface area contributed by atoms with Crippen molar-refractivity contribution in [3.8, 4) is 0 Å². The van der Waals surface area contributed by atoms with Crippen LogP contribution in [-0.4, -0.2) is 23.0 Å². The number of benzene rings is 1. The highest BCUT2D eigenvalue weighted by Crippen LogP contribution is 2.09. The Morgan fingerprint density at radius 3 is 2.37 bits per heavy atom. The SMILES string of the molecule is CC[C@H](C)[C@@H](NC(=O)Cc1ccc(F)cc1)C(=O)O. The summed E-state index contributed by atoms with van der Waals surface area (Å²) in [7, 11) is 0. The van der Waals surface area contributed by atoms with E-state index in [1.165, 1.54) is 24.3 Å². The largest absolute Gasteiger partial charge is 0.480 e. The molecule has 1 amide bonds. The quantitative estimate of drug-likeness (QED) is 0.828. The van der Waals surface area contributed by atoms with Crippen LogP contribution in [0.3, 0.4) is 0 Å². The Bertz CT molecular complexity index is 445. The van der Waals surface area contributed by atoms with E-state index in [4.69, 9.17) is 5.11 Å². The van der Waals surface area contributed by atoms with E-state index in [9.17, 15) is 14.0 Å². The normalized spacial score (nSPS) is 13.6. The van der Waals surface area contributed by atoms with Crippen LogP contribution in [0.1, 0.15) is 25.8 Å². The molecule has 0 radical (unpaired) electrons. The van der Waals surface area contributed by atoms with Crippen LogP contribution in [0.15, 0.2) is 24.3 Å². The molecule has 0 saturated heterocycles. The van der Waals surface area contributed by atoms with Gasteiger partial charge in [0.05, 0.1) is 6.42 Å². The lowest BCUT2D eigenvalue weighted by Crippen LogP contribution is -2.45. The van der Waals surface area contributed by atoms with E-state index in [2.05, 4.69) is 5.32 Å². The van der Waals surface area contributed by atoms with Gasteiger partial charge in [0, 0.05) is 0 Å². The zero-order valence-electron chi connectivity index (χ0n) is 11.0. The van der Waals surface area contributed by atoms with Gasteiger partial charge in [-0.3, -0.25) is 4.79 Å². The van der Waals surface area contributed by atoms with Crippen LogP contribution >= 0.6 is 0 Å². The van der Waals surface area contributed by atoms with Crippen molar-refractivity contribution in [1.82, 2.24) is 5.32 Å². The van der Waals surface area contributed by atoms with Crippen molar-refractivity contribution in [2.45, 2.75) is 32.7 Å². The molecule has 1 aromatic carbocycles. The zero-order chi connectivity index (χ0) is 14.4. The van der Waals surface area contributed by atoms with Crippen molar-refractivity contribution in [3.05, 3.63) is 35.6 Å². The lowest BCUT2D eigenvalue weighted by molar-refractivity contribution is -0.143. The van der Waals surface area contributed by atoms with Gasteiger partial charge in [-0.1, -0.05) is 32.4 Å². The third-order valence-electron chi connectivity index (χ3n) is 3.07. The lowest BCUT2D eigenvalue weighted by atomic mass is 9.99. The number of hydrogen-bond acceptors (Lipinski definition) is 2. The fraction of sp³-hybridized carbons (Fsp3) is 0.429. The van der Waals surface area contributed by atoms with Gasteiger partial charge in [-0.25, -0.2) is 9.18 Å². The van der Waals surface area contributed by atoms with Crippen molar-refractivity contribution in [1.29, 1.82) is 0 Å². The average molecular weight is 267 g/mol. The zero-order valence-corrected chi connectivity index (χ0v) is 11.0. The summed E-state index contributed by atoms with van der Waals surface area (Å²) in [6.07, 6.45) is 0.703. The van der Waals surface area contributed by atoms with Crippen molar-refractivity contribution in [2.24, 2.45) is 5.92 Å². The molecule has 5 heteroatoms. The first-order valence-electron chi connectivity index (χ1n) is 6.20. The van der Waals surface area contributed by atoms with Gasteiger partial charge in [-0.2, -0.15) is 0 Å². The maximum Gasteiger partial charge on any atom is 0.326 e. The molecule has 0 aliphatic heterocycles. The first-order chi connectivity index (χ1) is 8.93. The van der Waals surface area contributed by atoms with E-state index in [-0.39, 0.29) is 24.1 Å². The highest BCUT2D eigenvalue weighted by Gasteiger charge is 2.25. The standard InChI is InChI=1S/C14H18FNO3/c1-3-9(2)13(14(18)19)16-12(17)8-10-4-6-11(15)7-5-10/h4-7,9,13H,3,8H2,1-2H3,(H,16,17)(H,18,19)/t9-,13+/m0/s1. The topological polar surface area (TPSA) is 66.4 Å². The number of halogens is 1. The number of amides is 1. The molecule has 0 heterocycles. The summed E-state index contributed by atoms with van der Waals surface area (Å²) in [4.78, 5) is 22.8. The van der Waals surface area contributed by atoms with Gasteiger partial charge < -0.3 is 10.4 Å². The molecule has 0 bridgehead atoms. The smallest absolute Gasteiger partial charge is 0.326 e. The molecular weight excluding hydrogens is 249 g/mol. The molecule has 0 fully saturated rings. The second-order valence-corrected chi connectivity index (χ2v) is 4.57. The predicted molar refractivity (Wildman–Crippen MR) is 69.1 cm³/mol. The number of carbonyl (C=O) groups is 2. The lowest BCUT2D eigenvalue weighted by Gasteiger charge is -2.20. The fourth-order valence-corrected chi connectivity index (χ4v) is 1.70. The van der Waals surface area contributed by atoms with Crippen LogP contribution in [0.25, 0.3) is 0 Å². The van der Waals surface area contributed by atoms with E-state index < -0.39 is 12.0 Å². The molecule has 0 unspecified atom stereocenters. The first-order valence-corrected chi connectivity index (χ1v) is 6.20. The van der Waals surface area contributed by atoms with Crippen LogP contribution < -0.4 is 5.32 Å². The number of carboxylic acids is 1. The number of nitrogens with one attached hydrogen (secondary N) is 1. The highest BCUT2D eigenvalue weighted by atomic mass is 19.1. The van der Waals surface area contributed by atoms with Crippen molar-refractivity contribution in [3.63, 3.8) is 0 Å². The maximum absolute atomic E-state index is 12.7. The Hall–Kier alpha value is -1.91. The van der Waals surface area contributed by atoms with E-state index >= 15 is 0 Å². The molecule has 1 aromatic rings. The van der Waals surface area contributed by atoms with E-state index in [0.29, 0.717) is 12.0 Å². The number of rotatable bonds is 6. The molecule has 2 atom stereocenters. The van der Waals surface area contributed by atoms with Crippen LogP contribution in [-0.2, 0) is 16.0 Å². The Morgan fingerprint density at radius 1 is 1.32 bits per heavy atom. The van der Waals surface area contributed by atoms with Crippen LogP contribution in [0.2, 0.25) is 0 Å². The average Bonchev–Trinajstić information content (AvgIpc) is 2.37. The minimum absolute atomic E-state index is 0.0422. The van der Waals surface area contributed by atoms with Crippen molar-refractivity contribution < 1.29 is 19.1 Å². The van der Waals surface area contributed by atoms with Crippen molar-refractivity contribution >= 4 is 11.9 Å². The molecule has 1 rings (SSSR count). The second kappa shape index (κ2) is 6.87. The number of carboxylic acid groups (broad SMARTS) is 1. The molecule has 0 aliphatic carbocycles. The van der Waals surface area contributed by atoms with Gasteiger partial charge in [0.25, 0.3) is 0 Å². The van der Waals surface area contributed by atoms with Gasteiger partial charge in [0.1, 0.15) is 11.9 Å². The molecule has 2 N–H and O–H groups in total. The van der Waals surface area contributed by atoms with Crippen LogP contribution in [0.5, 0.6) is 0 Å². The van der Waals surface area contributed by atoms with E-state index in [1.807, 2.05) is 6.92 Å². The summed E-state index contributed by atoms with van der Waals surface area (Å²) in [6, 6.07) is 4.66. The maximum atomic E-state index is 12.7. The Balaban J connectivity index is 2.62. The molecule has 0 spiro atoms.